The average Bonchev–Trinajstić information content (AvgIpc) is 2.67. The molecular formula is C23H30F2O. The highest BCUT2D eigenvalue weighted by Crippen LogP contribution is 2.43. The molecule has 1 nitrogen and oxygen atoms in total. The Bertz CT molecular complexity index is 656. The Labute approximate surface area is 156 Å². The number of ether oxygens (including phenoxy) is 1. The summed E-state index contributed by atoms with van der Waals surface area (Å²) in [5, 5.41) is 0. The molecule has 0 aromatic heterocycles. The fourth-order valence-corrected chi connectivity index (χ4v) is 4.65. The number of halogens is 2. The molecule has 2 aliphatic rings. The summed E-state index contributed by atoms with van der Waals surface area (Å²) in [6.45, 7) is 4.18. The minimum Gasteiger partial charge on any atom is -0.491 e. The predicted octanol–water partition coefficient (Wildman–Crippen LogP) is 6.80. The van der Waals surface area contributed by atoms with Gasteiger partial charge < -0.3 is 4.74 Å². The molecule has 0 saturated heterocycles. The molecule has 0 N–H and O–H groups in total. The standard InChI is InChI=1S/C23H30F2O/c1-3-5-16-6-8-17(9-7-16)18-10-12-19(13-11-18)20-14-15-21(26-4-2)23(25)22(20)24/h3,5-6,8,14-19H,4,7,9-13H2,1-2H3/b5-3+. The van der Waals surface area contributed by atoms with Crippen LogP contribution in [0.25, 0.3) is 0 Å². The number of benzene rings is 1. The predicted molar refractivity (Wildman–Crippen MR) is 102 cm³/mol. The van der Waals surface area contributed by atoms with Crippen molar-refractivity contribution in [2.75, 3.05) is 6.61 Å². The molecular weight excluding hydrogens is 330 g/mol. The summed E-state index contributed by atoms with van der Waals surface area (Å²) >= 11 is 0. The Morgan fingerprint density at radius 1 is 1.00 bits per heavy atom. The Morgan fingerprint density at radius 3 is 2.38 bits per heavy atom. The lowest BCUT2D eigenvalue weighted by Crippen LogP contribution is -2.22. The van der Waals surface area contributed by atoms with Gasteiger partial charge in [-0.1, -0.05) is 30.4 Å². The second kappa shape index (κ2) is 8.83. The van der Waals surface area contributed by atoms with Gasteiger partial charge in [0.15, 0.2) is 11.6 Å². The third-order valence-corrected chi connectivity index (χ3v) is 6.07. The van der Waals surface area contributed by atoms with Crippen LogP contribution >= 0.6 is 0 Å². The number of rotatable bonds is 5. The first-order valence-corrected chi connectivity index (χ1v) is 10.1. The zero-order chi connectivity index (χ0) is 18.5. The number of hydrogen-bond donors (Lipinski definition) is 0. The van der Waals surface area contributed by atoms with E-state index in [0.29, 0.717) is 29.9 Å². The van der Waals surface area contributed by atoms with E-state index in [0.717, 1.165) is 25.7 Å². The molecule has 2 unspecified atom stereocenters. The molecule has 1 aromatic rings. The molecule has 26 heavy (non-hydrogen) atoms. The van der Waals surface area contributed by atoms with E-state index in [1.54, 1.807) is 19.1 Å². The maximum absolute atomic E-state index is 14.5. The molecule has 0 aliphatic heterocycles. The summed E-state index contributed by atoms with van der Waals surface area (Å²) in [5.74, 6) is 0.519. The summed E-state index contributed by atoms with van der Waals surface area (Å²) in [6.07, 6.45) is 15.7. The highest BCUT2D eigenvalue weighted by Gasteiger charge is 2.30. The fraction of sp³-hybridized carbons (Fsp3) is 0.565. The second-order valence-electron chi connectivity index (χ2n) is 7.64. The Hall–Kier alpha value is -1.64. The van der Waals surface area contributed by atoms with Crippen LogP contribution in [0.3, 0.4) is 0 Å². The summed E-state index contributed by atoms with van der Waals surface area (Å²) in [4.78, 5) is 0. The molecule has 1 saturated carbocycles. The molecule has 1 aromatic carbocycles. The van der Waals surface area contributed by atoms with E-state index in [4.69, 9.17) is 4.74 Å². The molecule has 0 spiro atoms. The Balaban J connectivity index is 1.61. The lowest BCUT2D eigenvalue weighted by Gasteiger charge is -2.35. The van der Waals surface area contributed by atoms with Gasteiger partial charge in [-0.2, -0.15) is 4.39 Å². The van der Waals surface area contributed by atoms with Crippen LogP contribution in [0, 0.1) is 29.4 Å². The van der Waals surface area contributed by atoms with Crippen molar-refractivity contribution in [2.45, 2.75) is 58.3 Å². The third kappa shape index (κ3) is 4.19. The summed E-state index contributed by atoms with van der Waals surface area (Å²) in [7, 11) is 0. The van der Waals surface area contributed by atoms with Crippen molar-refractivity contribution in [1.29, 1.82) is 0 Å². The minimum atomic E-state index is -0.836. The molecule has 0 bridgehead atoms. The van der Waals surface area contributed by atoms with Crippen molar-refractivity contribution in [3.63, 3.8) is 0 Å². The number of allylic oxidation sites excluding steroid dienone is 4. The average molecular weight is 360 g/mol. The molecule has 142 valence electrons. The molecule has 0 radical (unpaired) electrons. The van der Waals surface area contributed by atoms with Crippen molar-refractivity contribution < 1.29 is 13.5 Å². The van der Waals surface area contributed by atoms with E-state index in [-0.39, 0.29) is 11.7 Å². The van der Waals surface area contributed by atoms with E-state index in [1.165, 1.54) is 12.8 Å². The smallest absolute Gasteiger partial charge is 0.200 e. The van der Waals surface area contributed by atoms with E-state index in [9.17, 15) is 8.78 Å². The highest BCUT2D eigenvalue weighted by atomic mass is 19.2. The van der Waals surface area contributed by atoms with Crippen molar-refractivity contribution in [3.05, 3.63) is 53.6 Å². The molecule has 1 fully saturated rings. The first-order chi connectivity index (χ1) is 12.6. The lowest BCUT2D eigenvalue weighted by atomic mass is 9.70. The van der Waals surface area contributed by atoms with Crippen molar-refractivity contribution in [2.24, 2.45) is 17.8 Å². The van der Waals surface area contributed by atoms with E-state index in [1.807, 2.05) is 0 Å². The zero-order valence-electron chi connectivity index (χ0n) is 15.9. The molecule has 2 aliphatic carbocycles. The highest BCUT2D eigenvalue weighted by molar-refractivity contribution is 5.33. The lowest BCUT2D eigenvalue weighted by molar-refractivity contribution is 0.241. The molecule has 3 heteroatoms. The van der Waals surface area contributed by atoms with Gasteiger partial charge in [-0.3, -0.25) is 0 Å². The van der Waals surface area contributed by atoms with E-state index < -0.39 is 11.6 Å². The van der Waals surface area contributed by atoms with Gasteiger partial charge in [0, 0.05) is 0 Å². The van der Waals surface area contributed by atoms with Crippen LogP contribution < -0.4 is 4.74 Å². The Kier molecular flexibility index (Phi) is 6.50. The van der Waals surface area contributed by atoms with Crippen LogP contribution in [-0.4, -0.2) is 6.61 Å². The van der Waals surface area contributed by atoms with Gasteiger partial charge in [0.1, 0.15) is 0 Å². The van der Waals surface area contributed by atoms with Crippen LogP contribution in [0.4, 0.5) is 8.78 Å². The molecule has 3 rings (SSSR count). The minimum absolute atomic E-state index is 0.0189. The largest absolute Gasteiger partial charge is 0.491 e. The normalized spacial score (nSPS) is 29.2. The van der Waals surface area contributed by atoms with Gasteiger partial charge in [0.05, 0.1) is 6.61 Å². The zero-order valence-corrected chi connectivity index (χ0v) is 15.9. The third-order valence-electron chi connectivity index (χ3n) is 6.07. The molecule has 0 amide bonds. The first kappa shape index (κ1) is 19.1. The molecule has 2 atom stereocenters. The monoisotopic (exact) mass is 360 g/mol. The van der Waals surface area contributed by atoms with Crippen molar-refractivity contribution >= 4 is 0 Å². The summed E-state index contributed by atoms with van der Waals surface area (Å²) in [6, 6.07) is 3.30. The van der Waals surface area contributed by atoms with Crippen LogP contribution in [0.15, 0.2) is 36.4 Å². The SMILES string of the molecule is C/C=C/C1C=CC(C2CCC(c3ccc(OCC)c(F)c3F)CC2)CC1. The summed E-state index contributed by atoms with van der Waals surface area (Å²) in [5.41, 5.74) is 0.525. The van der Waals surface area contributed by atoms with E-state index >= 15 is 0 Å². The first-order valence-electron chi connectivity index (χ1n) is 10.1. The second-order valence-corrected chi connectivity index (χ2v) is 7.64. The fourth-order valence-electron chi connectivity index (χ4n) is 4.65. The van der Waals surface area contributed by atoms with Crippen LogP contribution in [-0.2, 0) is 0 Å². The maximum atomic E-state index is 14.5. The molecule has 0 heterocycles. The van der Waals surface area contributed by atoms with Crippen LogP contribution in [0.5, 0.6) is 5.75 Å². The quantitative estimate of drug-likeness (QED) is 0.525. The maximum Gasteiger partial charge on any atom is 0.200 e. The number of hydrogen-bond acceptors (Lipinski definition) is 1. The van der Waals surface area contributed by atoms with Gasteiger partial charge in [-0.05, 0) is 87.7 Å². The van der Waals surface area contributed by atoms with Crippen molar-refractivity contribution in [1.82, 2.24) is 0 Å². The van der Waals surface area contributed by atoms with Gasteiger partial charge in [-0.25, -0.2) is 4.39 Å². The van der Waals surface area contributed by atoms with Crippen molar-refractivity contribution in [3.8, 4) is 5.75 Å². The topological polar surface area (TPSA) is 9.23 Å². The van der Waals surface area contributed by atoms with Gasteiger partial charge in [0.2, 0.25) is 5.82 Å². The van der Waals surface area contributed by atoms with Crippen LogP contribution in [0.1, 0.15) is 63.9 Å². The van der Waals surface area contributed by atoms with E-state index in [2.05, 4.69) is 31.2 Å². The van der Waals surface area contributed by atoms with Gasteiger partial charge in [-0.15, -0.1) is 0 Å². The van der Waals surface area contributed by atoms with Gasteiger partial charge >= 0.3 is 0 Å². The van der Waals surface area contributed by atoms with Crippen LogP contribution in [0.2, 0.25) is 0 Å². The summed E-state index contributed by atoms with van der Waals surface area (Å²) < 4.78 is 33.8. The van der Waals surface area contributed by atoms with Gasteiger partial charge in [0.25, 0.3) is 0 Å². The Morgan fingerprint density at radius 2 is 1.77 bits per heavy atom.